The third-order valence-corrected chi connectivity index (χ3v) is 7.47. The largest absolute Gasteiger partial charge is 1.00 e. The van der Waals surface area contributed by atoms with Crippen LogP contribution >= 0.6 is 15.9 Å². The summed E-state index contributed by atoms with van der Waals surface area (Å²) >= 11 is 3.37. The number of pyridine rings is 1. The molecule has 0 saturated carbocycles. The second kappa shape index (κ2) is 6.76. The molecule has 3 rings (SSSR count). The fourth-order valence-electron chi connectivity index (χ4n) is 2.40. The van der Waals surface area contributed by atoms with Crippen LogP contribution in [0.1, 0.15) is 0 Å². The van der Waals surface area contributed by atoms with E-state index in [9.17, 15) is 8.42 Å². The predicted molar refractivity (Wildman–Crippen MR) is 98.3 cm³/mol. The van der Waals surface area contributed by atoms with E-state index in [-0.39, 0.29) is 22.0 Å². The molecule has 130 valence electrons. The molecule has 2 heterocycles. The van der Waals surface area contributed by atoms with Gasteiger partial charge >= 0.3 is 17.1 Å². The third kappa shape index (κ3) is 3.39. The molecule has 0 unspecified atom stereocenters. The van der Waals surface area contributed by atoms with E-state index in [4.69, 9.17) is 0 Å². The SMILES string of the molecule is C[Si](C)(C)c1[c-]n(S(=O)(=O)c2ccccc2)c2ccc(Br)nc12.[Cu+]. The summed E-state index contributed by atoms with van der Waals surface area (Å²) in [5, 5.41) is 0.910. The van der Waals surface area contributed by atoms with Crippen molar-refractivity contribution in [2.75, 3.05) is 0 Å². The second-order valence-electron chi connectivity index (χ2n) is 6.32. The predicted octanol–water partition coefficient (Wildman–Crippen LogP) is 3.38. The molecule has 0 spiro atoms. The van der Waals surface area contributed by atoms with E-state index in [0.717, 1.165) is 5.19 Å². The topological polar surface area (TPSA) is 52.0 Å². The molecule has 0 saturated heterocycles. The van der Waals surface area contributed by atoms with Crippen molar-refractivity contribution < 1.29 is 25.5 Å². The summed E-state index contributed by atoms with van der Waals surface area (Å²) in [5.41, 5.74) is 1.27. The van der Waals surface area contributed by atoms with Gasteiger partial charge in [0.05, 0.1) is 17.6 Å². The van der Waals surface area contributed by atoms with Gasteiger partial charge in [0.1, 0.15) is 0 Å². The minimum Gasteiger partial charge on any atom is -0.359 e. The van der Waals surface area contributed by atoms with Crippen LogP contribution in [0.25, 0.3) is 11.0 Å². The van der Waals surface area contributed by atoms with Crippen LogP contribution in [0.2, 0.25) is 19.6 Å². The van der Waals surface area contributed by atoms with Crippen molar-refractivity contribution >= 4 is 50.2 Å². The summed E-state index contributed by atoms with van der Waals surface area (Å²) in [5.74, 6) is 0. The Morgan fingerprint density at radius 1 is 1.08 bits per heavy atom. The van der Waals surface area contributed by atoms with Crippen LogP contribution in [0.5, 0.6) is 0 Å². The quantitative estimate of drug-likeness (QED) is 0.334. The van der Waals surface area contributed by atoms with Gasteiger partial charge in [0.15, 0.2) is 0 Å². The molecule has 0 fully saturated rings. The molecule has 0 aliphatic carbocycles. The maximum atomic E-state index is 13.0. The molecule has 4 nitrogen and oxygen atoms in total. The van der Waals surface area contributed by atoms with Gasteiger partial charge in [0.25, 0.3) is 0 Å². The molecular weight excluding hydrogens is 456 g/mol. The van der Waals surface area contributed by atoms with E-state index >= 15 is 0 Å². The molecule has 3 aromatic rings. The van der Waals surface area contributed by atoms with Crippen LogP contribution in [0.15, 0.2) is 52.0 Å². The third-order valence-electron chi connectivity index (χ3n) is 3.54. The number of rotatable bonds is 3. The smallest absolute Gasteiger partial charge is 0.359 e. The Kier molecular flexibility index (Phi) is 5.47. The number of benzene rings is 1. The van der Waals surface area contributed by atoms with E-state index in [1.54, 1.807) is 42.5 Å². The number of hydrogen-bond donors (Lipinski definition) is 0. The van der Waals surface area contributed by atoms with Gasteiger partial charge in [-0.3, -0.25) is 0 Å². The van der Waals surface area contributed by atoms with Gasteiger partial charge in [-0.15, -0.1) is 11.3 Å². The molecule has 2 aromatic heterocycles. The zero-order chi connectivity index (χ0) is 16.8. The van der Waals surface area contributed by atoms with Crippen LogP contribution in [-0.2, 0) is 27.1 Å². The fourth-order valence-corrected chi connectivity index (χ4v) is 5.46. The monoisotopic (exact) mass is 470 g/mol. The van der Waals surface area contributed by atoms with Gasteiger partial charge < -0.3 is 8.96 Å². The van der Waals surface area contributed by atoms with Gasteiger partial charge in [-0.1, -0.05) is 55.1 Å². The van der Waals surface area contributed by atoms with Crippen LogP contribution in [-0.4, -0.2) is 25.4 Å². The normalized spacial score (nSPS) is 12.2. The van der Waals surface area contributed by atoms with Crippen LogP contribution in [0.3, 0.4) is 0 Å². The van der Waals surface area contributed by atoms with Crippen molar-refractivity contribution in [3.63, 3.8) is 0 Å². The van der Waals surface area contributed by atoms with E-state index in [1.165, 1.54) is 3.97 Å². The Balaban J connectivity index is 0.00000208. The maximum Gasteiger partial charge on any atom is 1.00 e. The molecule has 0 radical (unpaired) electrons. The average molecular weight is 472 g/mol. The van der Waals surface area contributed by atoms with Gasteiger partial charge in [0.2, 0.25) is 10.0 Å². The minimum atomic E-state index is -3.69. The molecule has 0 atom stereocenters. The first-order chi connectivity index (χ1) is 10.7. The molecule has 24 heavy (non-hydrogen) atoms. The molecule has 0 bridgehead atoms. The number of hydrogen-bond acceptors (Lipinski definition) is 3. The molecule has 0 aliphatic rings. The van der Waals surface area contributed by atoms with E-state index in [0.29, 0.717) is 15.6 Å². The number of nitrogens with zero attached hydrogens (tertiary/aromatic N) is 2. The second-order valence-corrected chi connectivity index (χ2v) is 13.9. The Bertz CT molecular complexity index is 982. The van der Waals surface area contributed by atoms with Crippen LogP contribution < -0.4 is 5.19 Å². The average Bonchev–Trinajstić information content (AvgIpc) is 2.87. The summed E-state index contributed by atoms with van der Waals surface area (Å²) < 4.78 is 27.9. The number of halogens is 1. The number of aromatic nitrogens is 2. The van der Waals surface area contributed by atoms with Crippen molar-refractivity contribution in [3.8, 4) is 0 Å². The minimum absolute atomic E-state index is 0. The van der Waals surface area contributed by atoms with Gasteiger partial charge in [0, 0.05) is 0 Å². The molecule has 0 aliphatic heterocycles. The molecule has 8 heteroatoms. The fraction of sp³-hybridized carbons (Fsp3) is 0.188. The number of fused-ring (bicyclic) bond motifs is 1. The summed E-state index contributed by atoms with van der Waals surface area (Å²) in [7, 11) is -5.49. The van der Waals surface area contributed by atoms with Crippen LogP contribution in [0.4, 0.5) is 0 Å². The van der Waals surface area contributed by atoms with Gasteiger partial charge in [-0.25, -0.2) is 8.42 Å². The Hall–Kier alpha value is -0.924. The van der Waals surface area contributed by atoms with E-state index < -0.39 is 18.1 Å². The summed E-state index contributed by atoms with van der Waals surface area (Å²) in [6, 6.07) is 11.9. The van der Waals surface area contributed by atoms with E-state index in [1.807, 2.05) is 0 Å². The Morgan fingerprint density at radius 2 is 1.71 bits per heavy atom. The van der Waals surface area contributed by atoms with Crippen molar-refractivity contribution in [3.05, 3.63) is 53.3 Å². The molecule has 0 amide bonds. The molecule has 0 N–H and O–H groups in total. The Morgan fingerprint density at radius 3 is 2.29 bits per heavy atom. The zero-order valence-corrected chi connectivity index (χ0v) is 17.7. The van der Waals surface area contributed by atoms with Gasteiger partial charge in [-0.05, 0) is 34.1 Å². The molecule has 1 aromatic carbocycles. The van der Waals surface area contributed by atoms with Gasteiger partial charge in [-0.2, -0.15) is 0 Å². The summed E-state index contributed by atoms with van der Waals surface area (Å²) in [6.45, 7) is 6.46. The van der Waals surface area contributed by atoms with Crippen molar-refractivity contribution in [1.29, 1.82) is 0 Å². The van der Waals surface area contributed by atoms with E-state index in [2.05, 4.69) is 46.8 Å². The first-order valence-corrected chi connectivity index (χ1v) is 12.9. The van der Waals surface area contributed by atoms with Crippen molar-refractivity contribution in [2.24, 2.45) is 0 Å². The Labute approximate surface area is 162 Å². The molecular formula is C16H16BrCuN2O2SSi. The first-order valence-electron chi connectivity index (χ1n) is 7.12. The summed E-state index contributed by atoms with van der Waals surface area (Å²) in [4.78, 5) is 4.75. The summed E-state index contributed by atoms with van der Waals surface area (Å²) in [6.07, 6.45) is 3.10. The van der Waals surface area contributed by atoms with Crippen molar-refractivity contribution in [2.45, 2.75) is 24.5 Å². The van der Waals surface area contributed by atoms with Crippen LogP contribution in [0, 0.1) is 6.20 Å². The maximum absolute atomic E-state index is 13.0. The van der Waals surface area contributed by atoms with Crippen molar-refractivity contribution in [1.82, 2.24) is 8.96 Å². The zero-order valence-electron chi connectivity index (χ0n) is 13.3. The first kappa shape index (κ1) is 19.4. The standard InChI is InChI=1S/C16H16BrN2O2SSi.Cu/c1-23(2,3)14-11-19(13-9-10-15(17)18-16(13)14)22(20,21)12-7-5-4-6-8-12;/h4-10H,1-3H3;/q-1;+1.